The van der Waals surface area contributed by atoms with E-state index in [0.29, 0.717) is 0 Å². The van der Waals surface area contributed by atoms with E-state index in [9.17, 15) is 8.78 Å². The number of aliphatic hydroxyl groups is 1. The van der Waals surface area contributed by atoms with Crippen LogP contribution in [0.1, 0.15) is 12.5 Å². The number of aliphatic hydroxyl groups excluding tert-OH is 1. The Kier molecular flexibility index (Phi) is 2.73. The van der Waals surface area contributed by atoms with Gasteiger partial charge in [-0.2, -0.15) is 4.39 Å². The third-order valence-corrected chi connectivity index (χ3v) is 2.00. The van der Waals surface area contributed by atoms with E-state index < -0.39 is 29.5 Å². The maximum Gasteiger partial charge on any atom is 0.200 e. The number of rotatable bonds is 2. The molecular weight excluding hydrogens is 192 g/mol. The number of aromatic hydroxyl groups is 1. The second-order valence-corrected chi connectivity index (χ2v) is 3.37. The SMILES string of the molecule is CC(N)(CO)c1cc(O)c(F)c(F)c1. The summed E-state index contributed by atoms with van der Waals surface area (Å²) >= 11 is 0. The zero-order chi connectivity index (χ0) is 10.9. The molecule has 0 aliphatic rings. The summed E-state index contributed by atoms with van der Waals surface area (Å²) in [6.45, 7) is 1.01. The van der Waals surface area contributed by atoms with Gasteiger partial charge < -0.3 is 15.9 Å². The molecule has 4 N–H and O–H groups in total. The Bertz CT molecular complexity index is 330. The molecule has 0 fully saturated rings. The second kappa shape index (κ2) is 3.51. The molecule has 0 aliphatic carbocycles. The number of phenolic OH excluding ortho intramolecular Hbond substituents is 1. The van der Waals surface area contributed by atoms with E-state index in [-0.39, 0.29) is 5.56 Å². The summed E-state index contributed by atoms with van der Waals surface area (Å²) in [5, 5.41) is 17.9. The first-order valence-electron chi connectivity index (χ1n) is 3.96. The van der Waals surface area contributed by atoms with Gasteiger partial charge in [-0.25, -0.2) is 4.39 Å². The van der Waals surface area contributed by atoms with Crippen LogP contribution in [-0.2, 0) is 5.54 Å². The molecule has 0 spiro atoms. The fourth-order valence-electron chi connectivity index (χ4n) is 0.996. The lowest BCUT2D eigenvalue weighted by molar-refractivity contribution is 0.209. The molecule has 1 unspecified atom stereocenters. The monoisotopic (exact) mass is 203 g/mol. The Balaban J connectivity index is 3.26. The van der Waals surface area contributed by atoms with Crippen LogP contribution in [0.25, 0.3) is 0 Å². The van der Waals surface area contributed by atoms with Crippen LogP contribution in [0.4, 0.5) is 8.78 Å². The van der Waals surface area contributed by atoms with Crippen molar-refractivity contribution in [3.63, 3.8) is 0 Å². The summed E-state index contributed by atoms with van der Waals surface area (Å²) in [6, 6.07) is 1.85. The van der Waals surface area contributed by atoms with E-state index in [1.165, 1.54) is 6.92 Å². The van der Waals surface area contributed by atoms with Crippen LogP contribution in [0.3, 0.4) is 0 Å². The van der Waals surface area contributed by atoms with E-state index in [2.05, 4.69) is 0 Å². The van der Waals surface area contributed by atoms with E-state index in [1.54, 1.807) is 0 Å². The zero-order valence-electron chi connectivity index (χ0n) is 7.59. The van der Waals surface area contributed by atoms with Crippen molar-refractivity contribution in [2.24, 2.45) is 5.73 Å². The molecule has 0 bridgehead atoms. The van der Waals surface area contributed by atoms with Gasteiger partial charge in [0, 0.05) is 0 Å². The minimum atomic E-state index is -1.32. The molecule has 1 atom stereocenters. The second-order valence-electron chi connectivity index (χ2n) is 3.37. The molecule has 5 heteroatoms. The number of halogens is 2. The number of hydrogen-bond donors (Lipinski definition) is 3. The molecule has 0 radical (unpaired) electrons. The summed E-state index contributed by atoms with van der Waals surface area (Å²) < 4.78 is 25.5. The van der Waals surface area contributed by atoms with Gasteiger partial charge in [-0.3, -0.25) is 0 Å². The molecular formula is C9H11F2NO2. The largest absolute Gasteiger partial charge is 0.505 e. The Morgan fingerprint density at radius 2 is 2.00 bits per heavy atom. The predicted molar refractivity (Wildman–Crippen MR) is 46.6 cm³/mol. The van der Waals surface area contributed by atoms with Gasteiger partial charge in [0.2, 0.25) is 0 Å². The first kappa shape index (κ1) is 10.9. The van der Waals surface area contributed by atoms with Gasteiger partial charge in [0.15, 0.2) is 17.4 Å². The lowest BCUT2D eigenvalue weighted by Gasteiger charge is -2.22. The van der Waals surface area contributed by atoms with Crippen molar-refractivity contribution in [2.75, 3.05) is 6.61 Å². The van der Waals surface area contributed by atoms with Gasteiger partial charge in [0.05, 0.1) is 12.1 Å². The van der Waals surface area contributed by atoms with Gasteiger partial charge in [-0.15, -0.1) is 0 Å². The van der Waals surface area contributed by atoms with Crippen LogP contribution in [-0.4, -0.2) is 16.8 Å². The van der Waals surface area contributed by atoms with Crippen molar-refractivity contribution in [1.29, 1.82) is 0 Å². The highest BCUT2D eigenvalue weighted by Crippen LogP contribution is 2.26. The molecule has 0 aromatic heterocycles. The Hall–Kier alpha value is -1.20. The average molecular weight is 203 g/mol. The smallest absolute Gasteiger partial charge is 0.200 e. The predicted octanol–water partition coefficient (Wildman–Crippen LogP) is 0.837. The first-order chi connectivity index (χ1) is 6.38. The van der Waals surface area contributed by atoms with E-state index in [4.69, 9.17) is 15.9 Å². The van der Waals surface area contributed by atoms with E-state index >= 15 is 0 Å². The lowest BCUT2D eigenvalue weighted by atomic mass is 9.94. The van der Waals surface area contributed by atoms with Crippen molar-refractivity contribution >= 4 is 0 Å². The highest BCUT2D eigenvalue weighted by Gasteiger charge is 2.23. The Labute approximate surface area is 79.8 Å². The third-order valence-electron chi connectivity index (χ3n) is 2.00. The van der Waals surface area contributed by atoms with E-state index in [1.807, 2.05) is 0 Å². The first-order valence-corrected chi connectivity index (χ1v) is 3.96. The molecule has 0 aliphatic heterocycles. The number of benzene rings is 1. The van der Waals surface area contributed by atoms with Gasteiger partial charge in [-0.1, -0.05) is 0 Å². The number of hydrogen-bond acceptors (Lipinski definition) is 3. The quantitative estimate of drug-likeness (QED) is 0.667. The Morgan fingerprint density at radius 1 is 1.43 bits per heavy atom. The van der Waals surface area contributed by atoms with Crippen molar-refractivity contribution < 1.29 is 19.0 Å². The molecule has 0 saturated carbocycles. The molecule has 14 heavy (non-hydrogen) atoms. The van der Waals surface area contributed by atoms with E-state index in [0.717, 1.165) is 12.1 Å². The highest BCUT2D eigenvalue weighted by atomic mass is 19.2. The van der Waals surface area contributed by atoms with Gasteiger partial charge >= 0.3 is 0 Å². The summed E-state index contributed by atoms with van der Waals surface area (Å²) in [5.41, 5.74) is 4.51. The normalized spacial score (nSPS) is 15.2. The summed E-state index contributed by atoms with van der Waals surface area (Å²) in [7, 11) is 0. The van der Waals surface area contributed by atoms with Gasteiger partial charge in [-0.05, 0) is 24.6 Å². The maximum atomic E-state index is 12.8. The summed E-state index contributed by atoms with van der Waals surface area (Å²) in [4.78, 5) is 0. The molecule has 0 heterocycles. The summed E-state index contributed by atoms with van der Waals surface area (Å²) in [5.74, 6) is -3.32. The van der Waals surface area contributed by atoms with Gasteiger partial charge in [0.25, 0.3) is 0 Å². The van der Waals surface area contributed by atoms with Crippen LogP contribution in [0.5, 0.6) is 5.75 Å². The minimum Gasteiger partial charge on any atom is -0.505 e. The van der Waals surface area contributed by atoms with Crippen LogP contribution in [0, 0.1) is 11.6 Å². The zero-order valence-corrected chi connectivity index (χ0v) is 7.59. The standard InChI is InChI=1S/C9H11F2NO2/c1-9(12,4-13)5-2-6(10)8(11)7(14)3-5/h2-3,13-14H,4,12H2,1H3. The maximum absolute atomic E-state index is 12.8. The van der Waals surface area contributed by atoms with Crippen LogP contribution >= 0.6 is 0 Å². The Morgan fingerprint density at radius 3 is 2.43 bits per heavy atom. The summed E-state index contributed by atoms with van der Waals surface area (Å²) in [6.07, 6.45) is 0. The van der Waals surface area contributed by atoms with Gasteiger partial charge in [0.1, 0.15) is 0 Å². The topological polar surface area (TPSA) is 66.5 Å². The molecule has 78 valence electrons. The van der Waals surface area contributed by atoms with Crippen LogP contribution in [0.2, 0.25) is 0 Å². The molecule has 1 aromatic rings. The number of phenols is 1. The van der Waals surface area contributed by atoms with Crippen molar-refractivity contribution in [2.45, 2.75) is 12.5 Å². The van der Waals surface area contributed by atoms with Crippen molar-refractivity contribution in [3.8, 4) is 5.75 Å². The number of nitrogens with two attached hydrogens (primary N) is 1. The molecule has 0 saturated heterocycles. The fourth-order valence-corrected chi connectivity index (χ4v) is 0.996. The minimum absolute atomic E-state index is 0.136. The third kappa shape index (κ3) is 1.83. The van der Waals surface area contributed by atoms with Crippen molar-refractivity contribution in [3.05, 3.63) is 29.3 Å². The molecule has 3 nitrogen and oxygen atoms in total. The molecule has 1 aromatic carbocycles. The van der Waals surface area contributed by atoms with Crippen molar-refractivity contribution in [1.82, 2.24) is 0 Å². The van der Waals surface area contributed by atoms with Crippen LogP contribution < -0.4 is 5.73 Å². The fraction of sp³-hybridized carbons (Fsp3) is 0.333. The molecule has 1 rings (SSSR count). The average Bonchev–Trinajstić information content (AvgIpc) is 2.13. The lowest BCUT2D eigenvalue weighted by Crippen LogP contribution is -2.37. The van der Waals surface area contributed by atoms with Crippen LogP contribution in [0.15, 0.2) is 12.1 Å². The highest BCUT2D eigenvalue weighted by molar-refractivity contribution is 5.34. The molecule has 0 amide bonds.